The molecule has 0 bridgehead atoms. The molecule has 0 aliphatic carbocycles. The van der Waals surface area contributed by atoms with Crippen LogP contribution in [0.2, 0.25) is 5.02 Å². The Balaban J connectivity index is 1.92. The van der Waals surface area contributed by atoms with E-state index in [-0.39, 0.29) is 12.2 Å². The summed E-state index contributed by atoms with van der Waals surface area (Å²) >= 11 is 7.34. The molecule has 3 aromatic rings. The predicted molar refractivity (Wildman–Crippen MR) is 131 cm³/mol. The minimum atomic E-state index is -0.680. The zero-order valence-electron chi connectivity index (χ0n) is 19.1. The minimum Gasteiger partial charge on any atom is -0.493 e. The Labute approximate surface area is 205 Å². The molecule has 2 aromatic carbocycles. The fourth-order valence-corrected chi connectivity index (χ4v) is 5.02. The van der Waals surface area contributed by atoms with Crippen LogP contribution in [-0.4, -0.2) is 31.4 Å². The van der Waals surface area contributed by atoms with Gasteiger partial charge in [-0.1, -0.05) is 41.1 Å². The van der Waals surface area contributed by atoms with E-state index in [1.165, 1.54) is 11.3 Å². The van der Waals surface area contributed by atoms with Crippen molar-refractivity contribution in [2.75, 3.05) is 20.8 Å². The van der Waals surface area contributed by atoms with Crippen molar-refractivity contribution in [3.05, 3.63) is 89.6 Å². The molecule has 0 unspecified atom stereocenters. The average Bonchev–Trinajstić information content (AvgIpc) is 3.13. The number of thiazole rings is 1. The third-order valence-electron chi connectivity index (χ3n) is 5.41. The Kier molecular flexibility index (Phi) is 6.90. The number of rotatable bonds is 6. The van der Waals surface area contributed by atoms with Gasteiger partial charge in [-0.2, -0.15) is 0 Å². The molecular weight excluding hydrogens is 476 g/mol. The van der Waals surface area contributed by atoms with Crippen molar-refractivity contribution in [1.82, 2.24) is 4.57 Å². The van der Waals surface area contributed by atoms with Crippen LogP contribution in [0.4, 0.5) is 0 Å². The lowest BCUT2D eigenvalue weighted by Crippen LogP contribution is -2.39. The van der Waals surface area contributed by atoms with Gasteiger partial charge < -0.3 is 14.2 Å². The van der Waals surface area contributed by atoms with Crippen LogP contribution in [0.5, 0.6) is 11.5 Å². The van der Waals surface area contributed by atoms with Crippen molar-refractivity contribution in [2.24, 2.45) is 4.99 Å². The molecule has 0 saturated carbocycles. The number of halogens is 1. The van der Waals surface area contributed by atoms with E-state index in [2.05, 4.69) is 4.99 Å². The lowest BCUT2D eigenvalue weighted by atomic mass is 9.96. The molecule has 176 valence electrons. The molecule has 1 aromatic heterocycles. The summed E-state index contributed by atoms with van der Waals surface area (Å²) in [6, 6.07) is 11.8. The maximum atomic E-state index is 13.6. The number of benzene rings is 2. The van der Waals surface area contributed by atoms with Gasteiger partial charge in [0.15, 0.2) is 16.3 Å². The fourth-order valence-electron chi connectivity index (χ4n) is 3.85. The number of carbonyl (C=O) groups excluding carboxylic acids is 1. The van der Waals surface area contributed by atoms with E-state index in [9.17, 15) is 9.59 Å². The molecule has 0 fully saturated rings. The van der Waals surface area contributed by atoms with E-state index in [1.807, 2.05) is 6.07 Å². The third-order valence-corrected chi connectivity index (χ3v) is 6.64. The first-order valence-corrected chi connectivity index (χ1v) is 11.7. The summed E-state index contributed by atoms with van der Waals surface area (Å²) in [5.41, 5.74) is 2.09. The molecule has 2 heterocycles. The van der Waals surface area contributed by atoms with Crippen molar-refractivity contribution >= 4 is 35.0 Å². The second-order valence-electron chi connectivity index (χ2n) is 7.47. The zero-order chi connectivity index (χ0) is 24.4. The van der Waals surface area contributed by atoms with Crippen molar-refractivity contribution in [3.63, 3.8) is 0 Å². The van der Waals surface area contributed by atoms with Crippen molar-refractivity contribution in [1.29, 1.82) is 0 Å². The van der Waals surface area contributed by atoms with Gasteiger partial charge in [-0.3, -0.25) is 9.36 Å². The van der Waals surface area contributed by atoms with E-state index in [4.69, 9.17) is 25.8 Å². The van der Waals surface area contributed by atoms with E-state index >= 15 is 0 Å². The van der Waals surface area contributed by atoms with Crippen LogP contribution in [0.25, 0.3) is 6.08 Å². The minimum absolute atomic E-state index is 0.215. The number of fused-ring (bicyclic) bond motifs is 1. The number of hydrogen-bond donors (Lipinski definition) is 0. The van der Waals surface area contributed by atoms with Crippen LogP contribution < -0.4 is 24.4 Å². The average molecular weight is 499 g/mol. The van der Waals surface area contributed by atoms with E-state index in [1.54, 1.807) is 75.1 Å². The van der Waals surface area contributed by atoms with Crippen LogP contribution in [0.15, 0.2) is 63.5 Å². The van der Waals surface area contributed by atoms with Gasteiger partial charge in [-0.15, -0.1) is 0 Å². The summed E-state index contributed by atoms with van der Waals surface area (Å²) in [6.45, 7) is 3.71. The molecule has 0 N–H and O–H groups in total. The quantitative estimate of drug-likeness (QED) is 0.486. The summed E-state index contributed by atoms with van der Waals surface area (Å²) in [6.07, 6.45) is 1.77. The first-order valence-electron chi connectivity index (χ1n) is 10.5. The van der Waals surface area contributed by atoms with Gasteiger partial charge in [0.2, 0.25) is 0 Å². The van der Waals surface area contributed by atoms with Gasteiger partial charge in [-0.25, -0.2) is 9.79 Å². The van der Waals surface area contributed by atoms with Gasteiger partial charge >= 0.3 is 5.97 Å². The molecule has 34 heavy (non-hydrogen) atoms. The Morgan fingerprint density at radius 1 is 1.15 bits per heavy atom. The summed E-state index contributed by atoms with van der Waals surface area (Å²) in [4.78, 5) is 31.6. The highest BCUT2D eigenvalue weighted by atomic mass is 35.5. The smallest absolute Gasteiger partial charge is 0.338 e. The monoisotopic (exact) mass is 498 g/mol. The predicted octanol–water partition coefficient (Wildman–Crippen LogP) is 3.47. The van der Waals surface area contributed by atoms with E-state index in [0.29, 0.717) is 37.1 Å². The lowest BCUT2D eigenvalue weighted by Gasteiger charge is -2.24. The van der Waals surface area contributed by atoms with Crippen LogP contribution in [0.1, 0.15) is 31.0 Å². The number of carbonyl (C=O) groups is 1. The second kappa shape index (κ2) is 9.87. The summed E-state index contributed by atoms with van der Waals surface area (Å²) in [7, 11) is 3.12. The third kappa shape index (κ3) is 4.38. The Bertz CT molecular complexity index is 1450. The maximum Gasteiger partial charge on any atom is 0.338 e. The first-order chi connectivity index (χ1) is 16.4. The van der Waals surface area contributed by atoms with Gasteiger partial charge in [0.05, 0.1) is 42.7 Å². The second-order valence-corrected chi connectivity index (χ2v) is 8.91. The number of esters is 1. The molecule has 4 rings (SSSR count). The highest BCUT2D eigenvalue weighted by molar-refractivity contribution is 7.07. The number of hydrogen-bond acceptors (Lipinski definition) is 7. The fraction of sp³-hybridized carbons (Fsp3) is 0.240. The highest BCUT2D eigenvalue weighted by Gasteiger charge is 2.33. The molecular formula is C25H23ClN2O5S. The number of aromatic nitrogens is 1. The number of methoxy groups -OCH3 is 2. The number of nitrogens with zero attached hydrogens (tertiary/aromatic N) is 2. The maximum absolute atomic E-state index is 13.6. The van der Waals surface area contributed by atoms with Gasteiger partial charge in [-0.05, 0) is 55.3 Å². The summed E-state index contributed by atoms with van der Waals surface area (Å²) in [5.74, 6) is 0.653. The van der Waals surface area contributed by atoms with Crippen LogP contribution in [0.3, 0.4) is 0 Å². The Morgan fingerprint density at radius 2 is 1.85 bits per heavy atom. The number of allylic oxidation sites excluding steroid dienone is 1. The molecule has 0 saturated heterocycles. The van der Waals surface area contributed by atoms with E-state index < -0.39 is 12.0 Å². The normalized spacial score (nSPS) is 15.6. The largest absolute Gasteiger partial charge is 0.493 e. The molecule has 0 spiro atoms. The van der Waals surface area contributed by atoms with Crippen LogP contribution in [0, 0.1) is 0 Å². The van der Waals surface area contributed by atoms with Gasteiger partial charge in [0, 0.05) is 5.02 Å². The van der Waals surface area contributed by atoms with Crippen molar-refractivity contribution in [2.45, 2.75) is 19.9 Å². The highest BCUT2D eigenvalue weighted by Crippen LogP contribution is 2.31. The topological polar surface area (TPSA) is 79.1 Å². The Hall–Kier alpha value is -3.36. The lowest BCUT2D eigenvalue weighted by molar-refractivity contribution is -0.139. The van der Waals surface area contributed by atoms with Crippen LogP contribution >= 0.6 is 22.9 Å². The van der Waals surface area contributed by atoms with Crippen molar-refractivity contribution < 1.29 is 19.0 Å². The standard InChI is InChI=1S/C25H23ClN2O5S/c1-5-33-24(30)21-14(2)27-25-28(22(21)16-7-9-17(26)10-8-16)23(29)20(34-25)13-15-6-11-18(31-3)19(12-15)32-4/h6-13,22H,5H2,1-4H3/t22-/m1/s1. The number of ether oxygens (including phenoxy) is 3. The molecule has 0 radical (unpaired) electrons. The van der Waals surface area contributed by atoms with Crippen molar-refractivity contribution in [3.8, 4) is 11.5 Å². The summed E-state index contributed by atoms with van der Waals surface area (Å²) < 4.78 is 18.0. The zero-order valence-corrected chi connectivity index (χ0v) is 20.7. The molecule has 9 heteroatoms. The Morgan fingerprint density at radius 3 is 2.50 bits per heavy atom. The first kappa shape index (κ1) is 23.8. The van der Waals surface area contributed by atoms with E-state index in [0.717, 1.165) is 11.1 Å². The van der Waals surface area contributed by atoms with Crippen LogP contribution in [-0.2, 0) is 9.53 Å². The molecule has 1 atom stereocenters. The molecule has 0 amide bonds. The van der Waals surface area contributed by atoms with Gasteiger partial charge in [0.1, 0.15) is 0 Å². The SMILES string of the molecule is CCOC(=O)C1=C(C)N=c2sc(=Cc3ccc(OC)c(OC)c3)c(=O)n2[C@@H]1c1ccc(Cl)cc1. The van der Waals surface area contributed by atoms with Gasteiger partial charge in [0.25, 0.3) is 5.56 Å². The molecule has 1 aliphatic rings. The molecule has 7 nitrogen and oxygen atoms in total. The summed E-state index contributed by atoms with van der Waals surface area (Å²) in [5, 5.41) is 0.558. The molecule has 1 aliphatic heterocycles.